The lowest BCUT2D eigenvalue weighted by atomic mass is 10.0. The number of nitrogens with two attached hydrogens (primary N) is 1. The third kappa shape index (κ3) is 2.48. The van der Waals surface area contributed by atoms with Gasteiger partial charge in [0.1, 0.15) is 12.1 Å². The van der Waals surface area contributed by atoms with Crippen molar-refractivity contribution in [2.45, 2.75) is 52.0 Å². The Morgan fingerprint density at radius 1 is 1.25 bits per heavy atom. The largest absolute Gasteiger partial charge is 0.326 e. The first kappa shape index (κ1) is 13.3. The summed E-state index contributed by atoms with van der Waals surface area (Å²) in [7, 11) is 0. The highest BCUT2D eigenvalue weighted by molar-refractivity contribution is 5.35. The first-order valence-electron chi connectivity index (χ1n) is 7.57. The number of hydrogen-bond donors (Lipinski definition) is 1. The molecule has 0 fully saturated rings. The zero-order valence-electron chi connectivity index (χ0n) is 12.1. The Balaban J connectivity index is 2.04. The lowest BCUT2D eigenvalue weighted by Gasteiger charge is -2.15. The van der Waals surface area contributed by atoms with E-state index in [2.05, 4.69) is 28.6 Å². The van der Waals surface area contributed by atoms with E-state index in [1.165, 1.54) is 24.2 Å². The number of nitrogens with zero attached hydrogens (tertiary/aromatic N) is 3. The molecule has 0 atom stereocenters. The van der Waals surface area contributed by atoms with Gasteiger partial charge in [-0.15, -0.1) is 0 Å². The van der Waals surface area contributed by atoms with Gasteiger partial charge in [0.25, 0.3) is 0 Å². The van der Waals surface area contributed by atoms with Crippen LogP contribution in [0.2, 0.25) is 0 Å². The smallest absolute Gasteiger partial charge is 0.138 e. The average molecular weight is 270 g/mol. The normalized spacial score (nSPS) is 14.3. The van der Waals surface area contributed by atoms with Crippen LogP contribution < -0.4 is 5.73 Å². The highest BCUT2D eigenvalue weighted by Crippen LogP contribution is 2.23. The maximum Gasteiger partial charge on any atom is 0.138 e. The number of imidazole rings is 1. The van der Waals surface area contributed by atoms with E-state index in [0.717, 1.165) is 42.8 Å². The van der Waals surface area contributed by atoms with Crippen molar-refractivity contribution >= 4 is 0 Å². The van der Waals surface area contributed by atoms with Crippen molar-refractivity contribution in [3.8, 4) is 5.82 Å². The Hall–Kier alpha value is -1.68. The summed E-state index contributed by atoms with van der Waals surface area (Å²) in [5.41, 5.74) is 10.7. The summed E-state index contributed by atoms with van der Waals surface area (Å²) < 4.78 is 2.16. The molecule has 2 aromatic rings. The number of hydrogen-bond acceptors (Lipinski definition) is 3. The molecule has 0 saturated carbocycles. The zero-order valence-corrected chi connectivity index (χ0v) is 12.1. The Labute approximate surface area is 120 Å². The predicted molar refractivity (Wildman–Crippen MR) is 79.9 cm³/mol. The summed E-state index contributed by atoms with van der Waals surface area (Å²) >= 11 is 0. The van der Waals surface area contributed by atoms with Crippen molar-refractivity contribution in [3.63, 3.8) is 0 Å². The molecule has 0 unspecified atom stereocenters. The van der Waals surface area contributed by atoms with E-state index in [1.54, 1.807) is 0 Å². The first-order chi connectivity index (χ1) is 9.81. The van der Waals surface area contributed by atoms with Crippen LogP contribution in [-0.4, -0.2) is 14.5 Å². The molecular weight excluding hydrogens is 248 g/mol. The monoisotopic (exact) mass is 270 g/mol. The van der Waals surface area contributed by atoms with Crippen LogP contribution in [0, 0.1) is 0 Å². The number of fused-ring (bicyclic) bond motifs is 1. The molecule has 2 heterocycles. The van der Waals surface area contributed by atoms with E-state index in [4.69, 9.17) is 10.7 Å². The molecule has 2 N–H and O–H groups in total. The average Bonchev–Trinajstić information content (AvgIpc) is 2.91. The van der Waals surface area contributed by atoms with Gasteiger partial charge >= 0.3 is 0 Å². The van der Waals surface area contributed by atoms with Gasteiger partial charge in [0.2, 0.25) is 0 Å². The number of aryl methyl sites for hydroxylation is 2. The van der Waals surface area contributed by atoms with Crippen LogP contribution in [0.25, 0.3) is 5.82 Å². The molecule has 1 aliphatic carbocycles. The van der Waals surface area contributed by atoms with Crippen molar-refractivity contribution in [2.24, 2.45) is 5.73 Å². The lowest BCUT2D eigenvalue weighted by molar-refractivity contribution is 0.653. The van der Waals surface area contributed by atoms with Gasteiger partial charge in [-0.3, -0.25) is 4.57 Å². The second-order valence-electron chi connectivity index (χ2n) is 5.49. The third-order valence-electron chi connectivity index (χ3n) is 3.94. The molecule has 4 nitrogen and oxygen atoms in total. The molecule has 0 radical (unpaired) electrons. The number of pyridine rings is 1. The van der Waals surface area contributed by atoms with Crippen LogP contribution in [0.4, 0.5) is 0 Å². The zero-order chi connectivity index (χ0) is 13.9. The molecule has 20 heavy (non-hydrogen) atoms. The SMILES string of the molecule is CCCc1cc(CN)cc(-n2cnc3c2CCCC3)n1. The second-order valence-corrected chi connectivity index (χ2v) is 5.49. The molecule has 0 amide bonds. The summed E-state index contributed by atoms with van der Waals surface area (Å²) in [5.74, 6) is 0.979. The van der Waals surface area contributed by atoms with Crippen LogP contribution in [0.1, 0.15) is 48.8 Å². The lowest BCUT2D eigenvalue weighted by Crippen LogP contribution is -2.10. The minimum absolute atomic E-state index is 0.559. The minimum atomic E-state index is 0.559. The molecule has 3 rings (SSSR count). The topological polar surface area (TPSA) is 56.7 Å². The first-order valence-corrected chi connectivity index (χ1v) is 7.57. The molecule has 106 valence electrons. The van der Waals surface area contributed by atoms with Crippen molar-refractivity contribution in [2.75, 3.05) is 0 Å². The van der Waals surface area contributed by atoms with Gasteiger partial charge in [-0.25, -0.2) is 9.97 Å². The number of aromatic nitrogens is 3. The standard InChI is InChI=1S/C16H22N4/c1-2-5-13-8-12(10-17)9-16(19-13)20-11-18-14-6-3-4-7-15(14)20/h8-9,11H,2-7,10,17H2,1H3. The Morgan fingerprint density at radius 3 is 2.90 bits per heavy atom. The van der Waals surface area contributed by atoms with Gasteiger partial charge in [-0.1, -0.05) is 13.3 Å². The summed E-state index contributed by atoms with van der Waals surface area (Å²) in [6.45, 7) is 2.73. The van der Waals surface area contributed by atoms with Crippen molar-refractivity contribution < 1.29 is 0 Å². The molecule has 0 aromatic carbocycles. The van der Waals surface area contributed by atoms with Crippen LogP contribution in [0.3, 0.4) is 0 Å². The minimum Gasteiger partial charge on any atom is -0.326 e. The fourth-order valence-electron chi connectivity index (χ4n) is 2.93. The summed E-state index contributed by atoms with van der Waals surface area (Å²) in [5, 5.41) is 0. The van der Waals surface area contributed by atoms with Crippen LogP contribution in [0.5, 0.6) is 0 Å². The summed E-state index contributed by atoms with van der Waals surface area (Å²) in [6.07, 6.45) is 8.72. The quantitative estimate of drug-likeness (QED) is 0.929. The van der Waals surface area contributed by atoms with Gasteiger partial charge in [-0.05, 0) is 49.8 Å². The van der Waals surface area contributed by atoms with E-state index in [-0.39, 0.29) is 0 Å². The summed E-state index contributed by atoms with van der Waals surface area (Å²) in [4.78, 5) is 9.35. The van der Waals surface area contributed by atoms with Crippen molar-refractivity contribution in [1.29, 1.82) is 0 Å². The summed E-state index contributed by atoms with van der Waals surface area (Å²) in [6, 6.07) is 4.21. The Morgan fingerprint density at radius 2 is 2.10 bits per heavy atom. The molecule has 4 heteroatoms. The van der Waals surface area contributed by atoms with Crippen molar-refractivity contribution in [1.82, 2.24) is 14.5 Å². The van der Waals surface area contributed by atoms with Crippen LogP contribution >= 0.6 is 0 Å². The third-order valence-corrected chi connectivity index (χ3v) is 3.94. The van der Waals surface area contributed by atoms with Crippen molar-refractivity contribution in [3.05, 3.63) is 41.1 Å². The van der Waals surface area contributed by atoms with E-state index >= 15 is 0 Å². The fourth-order valence-corrected chi connectivity index (χ4v) is 2.93. The van der Waals surface area contributed by atoms with E-state index in [0.29, 0.717) is 6.54 Å². The Kier molecular flexibility index (Phi) is 3.83. The van der Waals surface area contributed by atoms with Crippen LogP contribution in [0.15, 0.2) is 18.5 Å². The maximum atomic E-state index is 5.82. The molecule has 1 aliphatic rings. The van der Waals surface area contributed by atoms with Gasteiger partial charge in [0, 0.05) is 17.9 Å². The van der Waals surface area contributed by atoms with Gasteiger partial charge < -0.3 is 5.73 Å². The highest BCUT2D eigenvalue weighted by atomic mass is 15.1. The maximum absolute atomic E-state index is 5.82. The molecule has 0 spiro atoms. The fraction of sp³-hybridized carbons (Fsp3) is 0.500. The van der Waals surface area contributed by atoms with Gasteiger partial charge in [0.05, 0.1) is 5.69 Å². The molecule has 0 bridgehead atoms. The van der Waals surface area contributed by atoms with Crippen LogP contribution in [-0.2, 0) is 25.8 Å². The van der Waals surface area contributed by atoms with Gasteiger partial charge in [-0.2, -0.15) is 0 Å². The highest BCUT2D eigenvalue weighted by Gasteiger charge is 2.17. The molecule has 0 aliphatic heterocycles. The Bertz CT molecular complexity index is 601. The van der Waals surface area contributed by atoms with Gasteiger partial charge in [0.15, 0.2) is 0 Å². The molecular formula is C16H22N4. The second kappa shape index (κ2) is 5.75. The number of rotatable bonds is 4. The van der Waals surface area contributed by atoms with E-state index in [1.807, 2.05) is 6.33 Å². The van der Waals surface area contributed by atoms with E-state index in [9.17, 15) is 0 Å². The molecule has 0 saturated heterocycles. The predicted octanol–water partition coefficient (Wildman–Crippen LogP) is 2.56. The molecule has 2 aromatic heterocycles. The van der Waals surface area contributed by atoms with E-state index < -0.39 is 0 Å².